The van der Waals surface area contributed by atoms with Gasteiger partial charge in [-0.2, -0.15) is 0 Å². The van der Waals surface area contributed by atoms with Crippen molar-refractivity contribution in [1.29, 1.82) is 0 Å². The van der Waals surface area contributed by atoms with Crippen LogP contribution in [0.2, 0.25) is 0 Å². The maximum absolute atomic E-state index is 12.2. The van der Waals surface area contributed by atoms with Gasteiger partial charge in [0.2, 0.25) is 11.8 Å². The molecule has 0 atom stereocenters. The molecule has 0 bridgehead atoms. The summed E-state index contributed by atoms with van der Waals surface area (Å²) < 4.78 is 5.70. The summed E-state index contributed by atoms with van der Waals surface area (Å²) >= 11 is 0. The molecule has 0 unspecified atom stereocenters. The molecule has 27 heavy (non-hydrogen) atoms. The molecule has 2 aromatic rings. The Hall–Kier alpha value is -2.82. The van der Waals surface area contributed by atoms with Crippen LogP contribution in [0.15, 0.2) is 36.4 Å². The first kappa shape index (κ1) is 19.0. The zero-order valence-corrected chi connectivity index (χ0v) is 16.2. The van der Waals surface area contributed by atoms with E-state index in [0.29, 0.717) is 6.61 Å². The Labute approximate surface area is 160 Å². The summed E-state index contributed by atoms with van der Waals surface area (Å²) in [5.41, 5.74) is 5.09. The lowest BCUT2D eigenvalue weighted by Gasteiger charge is -2.29. The van der Waals surface area contributed by atoms with Gasteiger partial charge < -0.3 is 15.0 Å². The van der Waals surface area contributed by atoms with Crippen LogP contribution in [-0.4, -0.2) is 25.0 Å². The molecular weight excluding hydrogens is 340 g/mol. The number of nitrogens with zero attached hydrogens (tertiary/aromatic N) is 1. The van der Waals surface area contributed by atoms with Crippen LogP contribution < -0.4 is 15.0 Å². The van der Waals surface area contributed by atoms with E-state index in [9.17, 15) is 9.59 Å². The van der Waals surface area contributed by atoms with Crippen molar-refractivity contribution in [3.05, 3.63) is 53.1 Å². The number of amides is 2. The molecule has 0 saturated heterocycles. The highest BCUT2D eigenvalue weighted by atomic mass is 16.5. The second-order valence-corrected chi connectivity index (χ2v) is 7.09. The fourth-order valence-electron chi connectivity index (χ4n) is 3.50. The molecule has 0 saturated carbocycles. The molecule has 142 valence electrons. The Morgan fingerprint density at radius 2 is 1.85 bits per heavy atom. The van der Waals surface area contributed by atoms with Gasteiger partial charge in [0.25, 0.3) is 0 Å². The number of rotatable bonds is 5. The van der Waals surface area contributed by atoms with Crippen LogP contribution in [0.25, 0.3) is 0 Å². The Kier molecular flexibility index (Phi) is 5.79. The number of ether oxygens (including phenoxy) is 1. The summed E-state index contributed by atoms with van der Waals surface area (Å²) in [6, 6.07) is 11.8. The lowest BCUT2D eigenvalue weighted by atomic mass is 10.0. The molecular formula is C22H26N2O3. The van der Waals surface area contributed by atoms with Gasteiger partial charge in [-0.1, -0.05) is 6.07 Å². The second kappa shape index (κ2) is 8.25. The average Bonchev–Trinajstić information content (AvgIpc) is 2.60. The van der Waals surface area contributed by atoms with Crippen molar-refractivity contribution in [1.82, 2.24) is 0 Å². The Bertz CT molecular complexity index is 840. The largest absolute Gasteiger partial charge is 0.493 e. The van der Waals surface area contributed by atoms with Crippen LogP contribution in [0, 0.1) is 13.8 Å². The lowest BCUT2D eigenvalue weighted by Crippen LogP contribution is -2.33. The first-order valence-corrected chi connectivity index (χ1v) is 9.34. The molecule has 0 fully saturated rings. The Morgan fingerprint density at radius 1 is 1.11 bits per heavy atom. The summed E-state index contributed by atoms with van der Waals surface area (Å²) in [5, 5.41) is 2.92. The van der Waals surface area contributed by atoms with E-state index in [0.717, 1.165) is 53.2 Å². The van der Waals surface area contributed by atoms with Crippen molar-refractivity contribution in [3.63, 3.8) is 0 Å². The molecule has 2 amide bonds. The fraction of sp³-hybridized carbons (Fsp3) is 0.364. The highest BCUT2D eigenvalue weighted by Crippen LogP contribution is 2.29. The smallest absolute Gasteiger partial charge is 0.227 e. The van der Waals surface area contributed by atoms with Crippen molar-refractivity contribution < 1.29 is 14.3 Å². The average molecular weight is 366 g/mol. The number of aryl methyl sites for hydroxylation is 3. The molecule has 0 radical (unpaired) electrons. The third-order valence-electron chi connectivity index (χ3n) is 4.66. The van der Waals surface area contributed by atoms with Crippen molar-refractivity contribution in [2.45, 2.75) is 40.0 Å². The topological polar surface area (TPSA) is 58.6 Å². The van der Waals surface area contributed by atoms with Crippen molar-refractivity contribution in [2.75, 3.05) is 23.4 Å². The van der Waals surface area contributed by atoms with Crippen LogP contribution in [-0.2, 0) is 16.0 Å². The van der Waals surface area contributed by atoms with E-state index >= 15 is 0 Å². The SMILES string of the molecule is CC(=O)N1CCCc2cc(NC(=O)CCOc3cc(C)cc(C)c3)ccc21. The molecule has 0 aromatic heterocycles. The van der Waals surface area contributed by atoms with Crippen molar-refractivity contribution in [3.8, 4) is 5.75 Å². The minimum absolute atomic E-state index is 0.0521. The Morgan fingerprint density at radius 3 is 2.56 bits per heavy atom. The van der Waals surface area contributed by atoms with Crippen molar-refractivity contribution >= 4 is 23.2 Å². The number of carbonyl (C=O) groups excluding carboxylic acids is 2. The van der Waals surface area contributed by atoms with Crippen LogP contribution in [0.1, 0.15) is 36.5 Å². The molecule has 1 aliphatic heterocycles. The second-order valence-electron chi connectivity index (χ2n) is 7.09. The monoisotopic (exact) mass is 366 g/mol. The molecule has 1 N–H and O–H groups in total. The van der Waals surface area contributed by atoms with E-state index in [1.165, 1.54) is 0 Å². The van der Waals surface area contributed by atoms with Gasteiger partial charge >= 0.3 is 0 Å². The highest BCUT2D eigenvalue weighted by molar-refractivity contribution is 5.94. The van der Waals surface area contributed by atoms with Gasteiger partial charge in [0.05, 0.1) is 13.0 Å². The summed E-state index contributed by atoms with van der Waals surface area (Å²) in [5.74, 6) is 0.758. The number of benzene rings is 2. The molecule has 5 heteroatoms. The highest BCUT2D eigenvalue weighted by Gasteiger charge is 2.20. The molecule has 0 aliphatic carbocycles. The number of carbonyl (C=O) groups is 2. The zero-order chi connectivity index (χ0) is 19.4. The van der Waals surface area contributed by atoms with Crippen LogP contribution in [0.5, 0.6) is 5.75 Å². The summed E-state index contributed by atoms with van der Waals surface area (Å²) in [6.45, 7) is 6.72. The van der Waals surface area contributed by atoms with Crippen molar-refractivity contribution in [2.24, 2.45) is 0 Å². The maximum Gasteiger partial charge on any atom is 0.227 e. The van der Waals surface area contributed by atoms with E-state index < -0.39 is 0 Å². The normalized spacial score (nSPS) is 13.1. The van der Waals surface area contributed by atoms with Gasteiger partial charge in [0.15, 0.2) is 0 Å². The van der Waals surface area contributed by atoms with E-state index in [4.69, 9.17) is 4.74 Å². The van der Waals surface area contributed by atoms with E-state index in [1.54, 1.807) is 11.8 Å². The van der Waals surface area contributed by atoms with Gasteiger partial charge in [-0.3, -0.25) is 9.59 Å². The number of hydrogen-bond acceptors (Lipinski definition) is 3. The molecule has 1 aliphatic rings. The number of hydrogen-bond donors (Lipinski definition) is 1. The predicted molar refractivity (Wildman–Crippen MR) is 107 cm³/mol. The summed E-state index contributed by atoms with van der Waals surface area (Å²) in [6.07, 6.45) is 2.13. The molecule has 3 rings (SSSR count). The van der Waals surface area contributed by atoms with E-state index in [1.807, 2.05) is 44.2 Å². The van der Waals surface area contributed by atoms with Gasteiger partial charge in [0, 0.05) is 24.8 Å². The van der Waals surface area contributed by atoms with Crippen LogP contribution >= 0.6 is 0 Å². The fourth-order valence-corrected chi connectivity index (χ4v) is 3.50. The molecule has 1 heterocycles. The first-order chi connectivity index (χ1) is 12.9. The molecule has 2 aromatic carbocycles. The van der Waals surface area contributed by atoms with E-state index in [2.05, 4.69) is 11.4 Å². The quantitative estimate of drug-likeness (QED) is 0.870. The molecule has 5 nitrogen and oxygen atoms in total. The van der Waals surface area contributed by atoms with Crippen LogP contribution in [0.4, 0.5) is 11.4 Å². The number of nitrogens with one attached hydrogen (secondary N) is 1. The molecule has 0 spiro atoms. The zero-order valence-electron chi connectivity index (χ0n) is 16.2. The lowest BCUT2D eigenvalue weighted by molar-refractivity contribution is -0.117. The Balaban J connectivity index is 1.56. The van der Waals surface area contributed by atoms with Gasteiger partial charge in [-0.05, 0) is 73.7 Å². The van der Waals surface area contributed by atoms with Gasteiger partial charge in [0.1, 0.15) is 5.75 Å². The van der Waals surface area contributed by atoms with E-state index in [-0.39, 0.29) is 18.2 Å². The minimum Gasteiger partial charge on any atom is -0.493 e. The first-order valence-electron chi connectivity index (χ1n) is 9.34. The van der Waals surface area contributed by atoms with Gasteiger partial charge in [-0.25, -0.2) is 0 Å². The third kappa shape index (κ3) is 4.88. The number of fused-ring (bicyclic) bond motifs is 1. The maximum atomic E-state index is 12.2. The standard InChI is InChI=1S/C22H26N2O3/c1-15-11-16(2)13-20(12-15)27-10-8-22(26)23-19-6-7-21-18(14-19)5-4-9-24(21)17(3)25/h6-7,11-14H,4-5,8-10H2,1-3H3,(H,23,26). The predicted octanol–water partition coefficient (Wildman–Crippen LogP) is 4.01. The van der Waals surface area contributed by atoms with Crippen LogP contribution in [0.3, 0.4) is 0 Å². The number of anilines is 2. The summed E-state index contributed by atoms with van der Waals surface area (Å²) in [7, 11) is 0. The van der Waals surface area contributed by atoms with Gasteiger partial charge in [-0.15, -0.1) is 0 Å². The minimum atomic E-state index is -0.0847. The third-order valence-corrected chi connectivity index (χ3v) is 4.66. The summed E-state index contributed by atoms with van der Waals surface area (Å²) in [4.78, 5) is 25.8.